The summed E-state index contributed by atoms with van der Waals surface area (Å²) in [5, 5.41) is 10.4. The highest BCUT2D eigenvalue weighted by molar-refractivity contribution is 9.10. The monoisotopic (exact) mass is 375 g/mol. The molecule has 0 radical (unpaired) electrons. The lowest BCUT2D eigenvalue weighted by atomic mass is 10.1. The lowest BCUT2D eigenvalue weighted by molar-refractivity contribution is -0.116. The molecule has 1 saturated heterocycles. The van der Waals surface area contributed by atoms with Crippen molar-refractivity contribution in [1.29, 1.82) is 0 Å². The van der Waals surface area contributed by atoms with Gasteiger partial charge in [0.15, 0.2) is 9.84 Å². The Hall–Kier alpha value is -1.41. The molecule has 1 heterocycles. The number of benzene rings is 1. The van der Waals surface area contributed by atoms with Crippen molar-refractivity contribution in [2.45, 2.75) is 24.5 Å². The van der Waals surface area contributed by atoms with Crippen LogP contribution in [0.25, 0.3) is 0 Å². The van der Waals surface area contributed by atoms with Gasteiger partial charge in [-0.3, -0.25) is 4.79 Å². The number of halogens is 1. The lowest BCUT2D eigenvalue weighted by Gasteiger charge is -2.21. The molecular formula is C13H14BrNO5S. The molecule has 0 aliphatic carbocycles. The molecule has 114 valence electrons. The van der Waals surface area contributed by atoms with E-state index in [1.54, 1.807) is 0 Å². The van der Waals surface area contributed by atoms with E-state index in [1.165, 1.54) is 18.2 Å². The maximum Gasteiger partial charge on any atom is 0.335 e. The van der Waals surface area contributed by atoms with Gasteiger partial charge in [-0.05, 0) is 47.0 Å². The molecule has 1 amide bonds. The highest BCUT2D eigenvalue weighted by Crippen LogP contribution is 2.26. The van der Waals surface area contributed by atoms with Crippen LogP contribution in [0.1, 0.15) is 29.6 Å². The Morgan fingerprint density at radius 2 is 2.00 bits per heavy atom. The topological polar surface area (TPSA) is 101 Å². The SMILES string of the molecule is O=C(O)c1ccc(Br)c(NC(=O)C2CCCCS2(=O)=O)c1. The first kappa shape index (κ1) is 16.0. The molecule has 8 heteroatoms. The smallest absolute Gasteiger partial charge is 0.335 e. The molecule has 1 unspecified atom stereocenters. The zero-order valence-electron chi connectivity index (χ0n) is 11.0. The zero-order chi connectivity index (χ0) is 15.6. The number of nitrogens with one attached hydrogen (secondary N) is 1. The maximum absolute atomic E-state index is 12.2. The molecule has 6 nitrogen and oxygen atoms in total. The summed E-state index contributed by atoms with van der Waals surface area (Å²) in [7, 11) is -3.43. The van der Waals surface area contributed by atoms with Crippen LogP contribution in [-0.4, -0.2) is 36.4 Å². The minimum absolute atomic E-state index is 0.0139. The van der Waals surface area contributed by atoms with Gasteiger partial charge in [0.05, 0.1) is 17.0 Å². The second-order valence-corrected chi connectivity index (χ2v) is 8.00. The van der Waals surface area contributed by atoms with Crippen molar-refractivity contribution in [2.75, 3.05) is 11.1 Å². The highest BCUT2D eigenvalue weighted by Gasteiger charge is 2.35. The predicted octanol–water partition coefficient (Wildman–Crippen LogP) is 2.05. The second-order valence-electron chi connectivity index (χ2n) is 4.84. The van der Waals surface area contributed by atoms with Crippen LogP contribution in [0.3, 0.4) is 0 Å². The molecule has 1 aliphatic heterocycles. The number of carboxylic acids is 1. The van der Waals surface area contributed by atoms with Crippen LogP contribution in [0, 0.1) is 0 Å². The van der Waals surface area contributed by atoms with E-state index in [0.29, 0.717) is 23.7 Å². The molecule has 1 aromatic rings. The van der Waals surface area contributed by atoms with Gasteiger partial charge < -0.3 is 10.4 Å². The first-order chi connectivity index (χ1) is 9.81. The summed E-state index contributed by atoms with van der Waals surface area (Å²) in [6.07, 6.45) is 1.56. The Balaban J connectivity index is 2.23. The molecule has 0 saturated carbocycles. The number of aromatic carboxylic acids is 1. The van der Waals surface area contributed by atoms with E-state index in [9.17, 15) is 18.0 Å². The lowest BCUT2D eigenvalue weighted by Crippen LogP contribution is -2.39. The maximum atomic E-state index is 12.2. The van der Waals surface area contributed by atoms with Gasteiger partial charge in [-0.1, -0.05) is 6.42 Å². The summed E-state index contributed by atoms with van der Waals surface area (Å²) in [4.78, 5) is 23.1. The quantitative estimate of drug-likeness (QED) is 0.841. The number of hydrogen-bond acceptors (Lipinski definition) is 4. The molecule has 2 N–H and O–H groups in total. The summed E-state index contributed by atoms with van der Waals surface area (Å²) in [5.41, 5.74) is 0.265. The normalized spacial score (nSPS) is 20.7. The summed E-state index contributed by atoms with van der Waals surface area (Å²) < 4.78 is 24.3. The molecule has 1 aromatic carbocycles. The number of carbonyl (C=O) groups is 2. The van der Waals surface area contributed by atoms with Crippen LogP contribution < -0.4 is 5.32 Å². The molecule has 21 heavy (non-hydrogen) atoms. The van der Waals surface area contributed by atoms with Gasteiger partial charge in [0, 0.05) is 4.47 Å². The van der Waals surface area contributed by atoms with Crippen molar-refractivity contribution >= 4 is 43.3 Å². The summed E-state index contributed by atoms with van der Waals surface area (Å²) in [6.45, 7) is 0. The number of carboxylic acid groups (broad SMARTS) is 1. The van der Waals surface area contributed by atoms with Gasteiger partial charge in [-0.2, -0.15) is 0 Å². The van der Waals surface area contributed by atoms with Gasteiger partial charge in [0.2, 0.25) is 5.91 Å². The van der Waals surface area contributed by atoms with Crippen LogP contribution >= 0.6 is 15.9 Å². The van der Waals surface area contributed by atoms with Crippen molar-refractivity contribution in [3.8, 4) is 0 Å². The number of rotatable bonds is 3. The van der Waals surface area contributed by atoms with Crippen molar-refractivity contribution in [1.82, 2.24) is 0 Å². The molecule has 1 aliphatic rings. The summed E-state index contributed by atoms with van der Waals surface area (Å²) >= 11 is 3.20. The first-order valence-electron chi connectivity index (χ1n) is 6.36. The van der Waals surface area contributed by atoms with Gasteiger partial charge in [0.25, 0.3) is 0 Å². The second kappa shape index (κ2) is 6.15. The largest absolute Gasteiger partial charge is 0.478 e. The fourth-order valence-corrected chi connectivity index (χ4v) is 4.36. The zero-order valence-corrected chi connectivity index (χ0v) is 13.4. The van der Waals surface area contributed by atoms with Crippen molar-refractivity contribution in [2.24, 2.45) is 0 Å². The average Bonchev–Trinajstić information content (AvgIpc) is 2.40. The number of carbonyl (C=O) groups excluding carboxylic acids is 1. The standard InChI is InChI=1S/C13H14BrNO5S/c14-9-5-4-8(13(17)18)7-10(9)15-12(16)11-3-1-2-6-21(11,19)20/h4-5,7,11H,1-3,6H2,(H,15,16)(H,17,18). The number of sulfone groups is 1. The van der Waals surface area contributed by atoms with E-state index in [2.05, 4.69) is 21.2 Å². The Kier molecular flexibility index (Phi) is 4.67. The summed E-state index contributed by atoms with van der Waals surface area (Å²) in [6, 6.07) is 4.17. The third-order valence-corrected chi connectivity index (χ3v) is 6.21. The molecule has 2 rings (SSSR count). The molecular weight excluding hydrogens is 362 g/mol. The van der Waals surface area contributed by atoms with Crippen LogP contribution in [-0.2, 0) is 14.6 Å². The molecule has 0 spiro atoms. The van der Waals surface area contributed by atoms with Gasteiger partial charge in [0.1, 0.15) is 5.25 Å². The number of anilines is 1. The predicted molar refractivity (Wildman–Crippen MR) is 81.2 cm³/mol. The van der Waals surface area contributed by atoms with E-state index in [-0.39, 0.29) is 17.0 Å². The third kappa shape index (κ3) is 3.62. The van der Waals surface area contributed by atoms with E-state index in [4.69, 9.17) is 5.11 Å². The highest BCUT2D eigenvalue weighted by atomic mass is 79.9. The Morgan fingerprint density at radius 1 is 1.29 bits per heavy atom. The third-order valence-electron chi connectivity index (χ3n) is 3.34. The van der Waals surface area contributed by atoms with Gasteiger partial charge >= 0.3 is 5.97 Å². The Labute approximate surface area is 130 Å². The van der Waals surface area contributed by atoms with Crippen molar-refractivity contribution in [3.63, 3.8) is 0 Å². The molecule has 0 bridgehead atoms. The first-order valence-corrected chi connectivity index (χ1v) is 8.87. The van der Waals surface area contributed by atoms with E-state index in [1.807, 2.05) is 0 Å². The number of hydrogen-bond donors (Lipinski definition) is 2. The Morgan fingerprint density at radius 3 is 2.62 bits per heavy atom. The van der Waals surface area contributed by atoms with Crippen molar-refractivity contribution in [3.05, 3.63) is 28.2 Å². The van der Waals surface area contributed by atoms with Crippen molar-refractivity contribution < 1.29 is 23.1 Å². The Bertz CT molecular complexity index is 686. The van der Waals surface area contributed by atoms with Crippen LogP contribution in [0.5, 0.6) is 0 Å². The van der Waals surface area contributed by atoms with E-state index >= 15 is 0 Å². The van der Waals surface area contributed by atoms with Crippen LogP contribution in [0.4, 0.5) is 5.69 Å². The van der Waals surface area contributed by atoms with Crippen LogP contribution in [0.2, 0.25) is 0 Å². The van der Waals surface area contributed by atoms with Crippen LogP contribution in [0.15, 0.2) is 22.7 Å². The molecule has 1 atom stereocenters. The van der Waals surface area contributed by atoms with E-state index in [0.717, 1.165) is 0 Å². The fourth-order valence-electron chi connectivity index (χ4n) is 2.22. The minimum Gasteiger partial charge on any atom is -0.478 e. The minimum atomic E-state index is -3.43. The molecule has 1 fully saturated rings. The number of amides is 1. The fraction of sp³-hybridized carbons (Fsp3) is 0.385. The summed E-state index contributed by atoms with van der Waals surface area (Å²) in [5.74, 6) is -1.72. The van der Waals surface area contributed by atoms with Gasteiger partial charge in [-0.25, -0.2) is 13.2 Å². The molecule has 0 aromatic heterocycles. The average molecular weight is 376 g/mol. The van der Waals surface area contributed by atoms with E-state index < -0.39 is 27.0 Å². The van der Waals surface area contributed by atoms with Gasteiger partial charge in [-0.15, -0.1) is 0 Å².